The number of benzene rings is 1. The highest BCUT2D eigenvalue weighted by atomic mass is 32.2. The van der Waals surface area contributed by atoms with E-state index in [9.17, 15) is 0 Å². The van der Waals surface area contributed by atoms with Gasteiger partial charge in [0, 0.05) is 24.0 Å². The van der Waals surface area contributed by atoms with E-state index in [1.165, 1.54) is 10.5 Å². The molecule has 1 aliphatic heterocycles. The fourth-order valence-corrected chi connectivity index (χ4v) is 2.66. The van der Waals surface area contributed by atoms with E-state index in [1.807, 2.05) is 0 Å². The van der Waals surface area contributed by atoms with E-state index in [0.29, 0.717) is 19.3 Å². The second kappa shape index (κ2) is 7.20. The SMILES string of the molecule is CSc1cc2c(cc1CNCC(C)N(C)C)OCCO2. The summed E-state index contributed by atoms with van der Waals surface area (Å²) in [5, 5.41) is 3.51. The van der Waals surface area contributed by atoms with Gasteiger partial charge in [-0.3, -0.25) is 0 Å². The summed E-state index contributed by atoms with van der Waals surface area (Å²) in [7, 11) is 4.20. The zero-order chi connectivity index (χ0) is 14.5. The van der Waals surface area contributed by atoms with Crippen LogP contribution in [0.3, 0.4) is 0 Å². The predicted octanol–water partition coefficient (Wildman–Crippen LogP) is 2.22. The summed E-state index contributed by atoms with van der Waals surface area (Å²) in [5.41, 5.74) is 1.27. The van der Waals surface area contributed by atoms with Crippen molar-refractivity contribution >= 4 is 11.8 Å². The van der Waals surface area contributed by atoms with Gasteiger partial charge in [-0.2, -0.15) is 0 Å². The van der Waals surface area contributed by atoms with Crippen LogP contribution in [0.5, 0.6) is 11.5 Å². The molecule has 1 aromatic carbocycles. The summed E-state index contributed by atoms with van der Waals surface area (Å²) in [5.74, 6) is 1.73. The van der Waals surface area contributed by atoms with Gasteiger partial charge >= 0.3 is 0 Å². The molecule has 0 bridgehead atoms. The molecule has 0 saturated heterocycles. The number of hydrogen-bond acceptors (Lipinski definition) is 5. The van der Waals surface area contributed by atoms with Crippen LogP contribution < -0.4 is 14.8 Å². The van der Waals surface area contributed by atoms with Gasteiger partial charge in [0.1, 0.15) is 13.2 Å². The molecule has 112 valence electrons. The number of rotatable bonds is 6. The smallest absolute Gasteiger partial charge is 0.162 e. The zero-order valence-electron chi connectivity index (χ0n) is 12.7. The standard InChI is InChI=1S/C15H24N2O2S/c1-11(17(2)3)9-16-10-12-7-13-14(8-15(12)20-4)19-6-5-18-13/h7-8,11,16H,5-6,9-10H2,1-4H3. The number of likely N-dealkylation sites (N-methyl/N-ethyl adjacent to an activating group) is 1. The van der Waals surface area contributed by atoms with E-state index < -0.39 is 0 Å². The summed E-state index contributed by atoms with van der Waals surface area (Å²) in [4.78, 5) is 3.46. The highest BCUT2D eigenvalue weighted by Gasteiger charge is 2.15. The topological polar surface area (TPSA) is 33.7 Å². The molecule has 0 radical (unpaired) electrons. The lowest BCUT2D eigenvalue weighted by Gasteiger charge is -2.22. The maximum atomic E-state index is 5.66. The quantitative estimate of drug-likeness (QED) is 0.814. The third-order valence-corrected chi connectivity index (χ3v) is 4.40. The maximum absolute atomic E-state index is 5.66. The van der Waals surface area contributed by atoms with Crippen molar-refractivity contribution in [1.82, 2.24) is 10.2 Å². The van der Waals surface area contributed by atoms with Crippen LogP contribution in [0.4, 0.5) is 0 Å². The van der Waals surface area contributed by atoms with Gasteiger partial charge in [-0.15, -0.1) is 11.8 Å². The minimum absolute atomic E-state index is 0.518. The largest absolute Gasteiger partial charge is 0.486 e. The Morgan fingerprint density at radius 1 is 1.25 bits per heavy atom. The Hall–Kier alpha value is -0.910. The van der Waals surface area contributed by atoms with Crippen LogP contribution >= 0.6 is 11.8 Å². The molecule has 1 aromatic rings. The van der Waals surface area contributed by atoms with Crippen LogP contribution in [-0.2, 0) is 6.54 Å². The molecule has 4 nitrogen and oxygen atoms in total. The molecule has 1 aliphatic rings. The Morgan fingerprint density at radius 2 is 1.90 bits per heavy atom. The highest BCUT2D eigenvalue weighted by molar-refractivity contribution is 7.98. The molecule has 0 amide bonds. The van der Waals surface area contributed by atoms with Gasteiger partial charge in [0.15, 0.2) is 11.5 Å². The molecule has 1 heterocycles. The van der Waals surface area contributed by atoms with E-state index in [0.717, 1.165) is 24.6 Å². The van der Waals surface area contributed by atoms with Crippen molar-refractivity contribution in [2.75, 3.05) is 40.1 Å². The van der Waals surface area contributed by atoms with Crippen molar-refractivity contribution in [3.63, 3.8) is 0 Å². The molecule has 0 aromatic heterocycles. The van der Waals surface area contributed by atoms with Crippen LogP contribution in [-0.4, -0.2) is 51.1 Å². The van der Waals surface area contributed by atoms with Gasteiger partial charge in [0.05, 0.1) is 0 Å². The van der Waals surface area contributed by atoms with Crippen molar-refractivity contribution in [3.8, 4) is 11.5 Å². The third kappa shape index (κ3) is 3.81. The van der Waals surface area contributed by atoms with E-state index in [2.05, 4.69) is 49.6 Å². The van der Waals surface area contributed by atoms with Crippen LogP contribution in [0.15, 0.2) is 17.0 Å². The third-order valence-electron chi connectivity index (χ3n) is 3.58. The summed E-state index contributed by atoms with van der Waals surface area (Å²) >= 11 is 1.75. The van der Waals surface area contributed by atoms with Crippen molar-refractivity contribution in [2.24, 2.45) is 0 Å². The van der Waals surface area contributed by atoms with Gasteiger partial charge in [0.2, 0.25) is 0 Å². The second-order valence-electron chi connectivity index (χ2n) is 5.25. The fourth-order valence-electron chi connectivity index (χ4n) is 2.04. The lowest BCUT2D eigenvalue weighted by atomic mass is 10.2. The van der Waals surface area contributed by atoms with Gasteiger partial charge < -0.3 is 19.7 Å². The first-order chi connectivity index (χ1) is 9.61. The van der Waals surface area contributed by atoms with Crippen molar-refractivity contribution in [2.45, 2.75) is 24.4 Å². The number of hydrogen-bond donors (Lipinski definition) is 1. The minimum atomic E-state index is 0.518. The number of nitrogens with one attached hydrogen (secondary N) is 1. The molecular formula is C15H24N2O2S. The molecule has 20 heavy (non-hydrogen) atoms. The Morgan fingerprint density at radius 3 is 2.50 bits per heavy atom. The number of thioether (sulfide) groups is 1. The fraction of sp³-hybridized carbons (Fsp3) is 0.600. The minimum Gasteiger partial charge on any atom is -0.486 e. The van der Waals surface area contributed by atoms with Crippen LogP contribution in [0.1, 0.15) is 12.5 Å². The summed E-state index contributed by atoms with van der Waals surface area (Å²) in [6.07, 6.45) is 2.09. The van der Waals surface area contributed by atoms with Gasteiger partial charge in [-0.25, -0.2) is 0 Å². The Balaban J connectivity index is 2.03. The molecule has 1 unspecified atom stereocenters. The Bertz CT molecular complexity index is 452. The summed E-state index contributed by atoms with van der Waals surface area (Å²) in [6.45, 7) is 5.31. The van der Waals surface area contributed by atoms with E-state index >= 15 is 0 Å². The number of ether oxygens (including phenoxy) is 2. The van der Waals surface area contributed by atoms with Gasteiger partial charge in [0.25, 0.3) is 0 Å². The zero-order valence-corrected chi connectivity index (χ0v) is 13.5. The second-order valence-corrected chi connectivity index (χ2v) is 6.10. The Labute approximate surface area is 125 Å². The maximum Gasteiger partial charge on any atom is 0.162 e. The molecule has 1 N–H and O–H groups in total. The first-order valence-corrected chi connectivity index (χ1v) is 8.18. The molecule has 0 aliphatic carbocycles. The van der Waals surface area contributed by atoms with Crippen LogP contribution in [0.2, 0.25) is 0 Å². The lowest BCUT2D eigenvalue weighted by Crippen LogP contribution is -2.35. The predicted molar refractivity (Wildman–Crippen MR) is 84.1 cm³/mol. The van der Waals surface area contributed by atoms with E-state index in [-0.39, 0.29) is 0 Å². The normalized spacial score (nSPS) is 15.4. The number of nitrogens with zero attached hydrogens (tertiary/aromatic N) is 1. The van der Waals surface area contributed by atoms with Crippen molar-refractivity contribution in [1.29, 1.82) is 0 Å². The number of fused-ring (bicyclic) bond motifs is 1. The summed E-state index contributed by atoms with van der Waals surface area (Å²) < 4.78 is 11.3. The monoisotopic (exact) mass is 296 g/mol. The molecule has 0 fully saturated rings. The Kier molecular flexibility index (Phi) is 5.57. The average Bonchev–Trinajstić information content (AvgIpc) is 2.46. The summed E-state index contributed by atoms with van der Waals surface area (Å²) in [6, 6.07) is 4.71. The van der Waals surface area contributed by atoms with Gasteiger partial charge in [-0.1, -0.05) is 0 Å². The molecule has 1 atom stereocenters. The highest BCUT2D eigenvalue weighted by Crippen LogP contribution is 2.36. The average molecular weight is 296 g/mol. The van der Waals surface area contributed by atoms with Gasteiger partial charge in [-0.05, 0) is 45.0 Å². The van der Waals surface area contributed by atoms with E-state index in [4.69, 9.17) is 9.47 Å². The molecule has 2 rings (SSSR count). The van der Waals surface area contributed by atoms with Crippen LogP contribution in [0, 0.1) is 0 Å². The molecule has 5 heteroatoms. The van der Waals surface area contributed by atoms with Crippen LogP contribution in [0.25, 0.3) is 0 Å². The molecule has 0 saturated carbocycles. The first-order valence-electron chi connectivity index (χ1n) is 6.95. The molecule has 0 spiro atoms. The van der Waals surface area contributed by atoms with Crippen molar-refractivity contribution < 1.29 is 9.47 Å². The lowest BCUT2D eigenvalue weighted by molar-refractivity contribution is 0.171. The first kappa shape index (κ1) is 15.5. The van der Waals surface area contributed by atoms with Crippen molar-refractivity contribution in [3.05, 3.63) is 17.7 Å². The molecular weight excluding hydrogens is 272 g/mol. The van der Waals surface area contributed by atoms with E-state index in [1.54, 1.807) is 11.8 Å².